The molecule has 6 atom stereocenters. The Morgan fingerprint density at radius 1 is 0.857 bits per heavy atom. The second kappa shape index (κ2) is 4.04. The first-order chi connectivity index (χ1) is 10.3. The summed E-state index contributed by atoms with van der Waals surface area (Å²) in [4.78, 5) is 0. The minimum absolute atomic E-state index is 0.442. The Labute approximate surface area is 125 Å². The number of ether oxygens (including phenoxy) is 2. The van der Waals surface area contributed by atoms with E-state index in [1.165, 1.54) is 24.0 Å². The van der Waals surface area contributed by atoms with Gasteiger partial charge in [0.05, 0.1) is 14.2 Å². The fraction of sp³-hybridized carbons (Fsp3) is 0.556. The lowest BCUT2D eigenvalue weighted by atomic mass is 9.57. The Morgan fingerprint density at radius 3 is 1.71 bits per heavy atom. The minimum atomic E-state index is 0.442. The molecule has 1 aromatic rings. The van der Waals surface area contributed by atoms with E-state index in [0.29, 0.717) is 12.1 Å². The molecule has 5 aliphatic rings. The summed E-state index contributed by atoms with van der Waals surface area (Å²) in [5, 5.41) is 3.89. The molecule has 1 saturated heterocycles. The van der Waals surface area contributed by atoms with Crippen molar-refractivity contribution in [1.29, 1.82) is 0 Å². The van der Waals surface area contributed by atoms with E-state index in [1.54, 1.807) is 14.2 Å². The van der Waals surface area contributed by atoms with Gasteiger partial charge >= 0.3 is 0 Å². The number of allylic oxidation sites excluding steroid dienone is 2. The van der Waals surface area contributed by atoms with E-state index in [-0.39, 0.29) is 0 Å². The van der Waals surface area contributed by atoms with Gasteiger partial charge in [-0.15, -0.1) is 0 Å². The van der Waals surface area contributed by atoms with Gasteiger partial charge in [-0.25, -0.2) is 0 Å². The van der Waals surface area contributed by atoms with Crippen molar-refractivity contribution in [3.63, 3.8) is 0 Å². The number of benzene rings is 1. The van der Waals surface area contributed by atoms with Crippen molar-refractivity contribution < 1.29 is 9.47 Å². The van der Waals surface area contributed by atoms with Gasteiger partial charge < -0.3 is 14.8 Å². The molecular weight excluding hydrogens is 262 g/mol. The number of fused-ring (bicyclic) bond motifs is 6. The molecule has 3 nitrogen and oxygen atoms in total. The molecule has 0 aromatic heterocycles. The maximum Gasteiger partial charge on any atom is 0.124 e. The largest absolute Gasteiger partial charge is 0.496 e. The van der Waals surface area contributed by atoms with Gasteiger partial charge in [0, 0.05) is 23.2 Å². The van der Waals surface area contributed by atoms with Crippen molar-refractivity contribution in [2.45, 2.75) is 24.9 Å². The Bertz CT molecular complexity index is 585. The Hall–Kier alpha value is -1.48. The van der Waals surface area contributed by atoms with E-state index < -0.39 is 0 Å². The van der Waals surface area contributed by atoms with Crippen molar-refractivity contribution in [3.05, 3.63) is 35.4 Å². The molecule has 6 rings (SSSR count). The Kier molecular flexibility index (Phi) is 2.33. The first-order valence-corrected chi connectivity index (χ1v) is 8.02. The third-order valence-corrected chi connectivity index (χ3v) is 6.27. The van der Waals surface area contributed by atoms with Crippen molar-refractivity contribution >= 4 is 0 Å². The fourth-order valence-electron chi connectivity index (χ4n) is 5.58. The summed E-state index contributed by atoms with van der Waals surface area (Å²) in [5.41, 5.74) is 2.73. The van der Waals surface area contributed by atoms with Gasteiger partial charge in [-0.05, 0) is 48.6 Å². The van der Waals surface area contributed by atoms with E-state index in [9.17, 15) is 0 Å². The third kappa shape index (κ3) is 1.34. The van der Waals surface area contributed by atoms with Gasteiger partial charge in [-0.1, -0.05) is 12.2 Å². The molecule has 3 heteroatoms. The van der Waals surface area contributed by atoms with Crippen LogP contribution in [0.4, 0.5) is 0 Å². The van der Waals surface area contributed by atoms with Crippen LogP contribution in [0.3, 0.4) is 0 Å². The first-order valence-electron chi connectivity index (χ1n) is 8.02. The molecule has 2 heterocycles. The third-order valence-electron chi connectivity index (χ3n) is 6.27. The summed E-state index contributed by atoms with van der Waals surface area (Å²) in [6.07, 6.45) is 7.66. The molecule has 1 saturated carbocycles. The lowest BCUT2D eigenvalue weighted by molar-refractivity contribution is 0.120. The highest BCUT2D eigenvalue weighted by molar-refractivity contribution is 5.58. The molecule has 2 aliphatic heterocycles. The number of nitrogens with one attached hydrogen (secondary N) is 1. The number of methoxy groups -OCH3 is 2. The standard InChI is InChI=1S/C18H21NO2/c1-20-11-7-8-12(21-2)16-15(11)17-13-9-3-5-10(6-4-9)14(13)18(16)19-17/h3,5,7-10,13-14,17-19H,4,6H2,1-2H3/t9-,10+,13-,14+,17-,18+. The average molecular weight is 283 g/mol. The zero-order chi connectivity index (χ0) is 14.1. The Balaban J connectivity index is 1.71. The van der Waals surface area contributed by atoms with Gasteiger partial charge in [0.25, 0.3) is 0 Å². The molecule has 0 amide bonds. The van der Waals surface area contributed by atoms with Gasteiger partial charge in [-0.2, -0.15) is 0 Å². The highest BCUT2D eigenvalue weighted by Gasteiger charge is 2.59. The first kappa shape index (κ1) is 12.1. The summed E-state index contributed by atoms with van der Waals surface area (Å²) >= 11 is 0. The van der Waals surface area contributed by atoms with E-state index in [0.717, 1.165) is 35.2 Å². The van der Waals surface area contributed by atoms with E-state index in [4.69, 9.17) is 9.47 Å². The maximum absolute atomic E-state index is 5.66. The van der Waals surface area contributed by atoms with Gasteiger partial charge in [-0.3, -0.25) is 0 Å². The van der Waals surface area contributed by atoms with Crippen LogP contribution in [-0.4, -0.2) is 14.2 Å². The molecule has 0 radical (unpaired) electrons. The molecule has 0 unspecified atom stereocenters. The quantitative estimate of drug-likeness (QED) is 0.845. The second-order valence-corrected chi connectivity index (χ2v) is 6.86. The average Bonchev–Trinajstić information content (AvgIpc) is 3.14. The van der Waals surface area contributed by atoms with E-state index in [1.807, 2.05) is 0 Å². The molecular formula is C18H21NO2. The summed E-state index contributed by atoms with van der Waals surface area (Å²) in [6, 6.07) is 5.01. The van der Waals surface area contributed by atoms with Crippen LogP contribution in [0.1, 0.15) is 36.1 Å². The molecule has 0 spiro atoms. The van der Waals surface area contributed by atoms with Crippen LogP contribution in [0.2, 0.25) is 0 Å². The normalized spacial score (nSPS) is 41.0. The lowest BCUT2D eigenvalue weighted by Crippen LogP contribution is -2.39. The van der Waals surface area contributed by atoms with Crippen LogP contribution >= 0.6 is 0 Å². The SMILES string of the molecule is COc1ccc(OC)c2c1[C@H]1N[C@@H]2[C@H]2[C@@H]1[C@H]1C=C[C@@H]2CC1. The Morgan fingerprint density at radius 2 is 1.33 bits per heavy atom. The van der Waals surface area contributed by atoms with E-state index >= 15 is 0 Å². The molecule has 1 aromatic carbocycles. The zero-order valence-electron chi connectivity index (χ0n) is 12.5. The van der Waals surface area contributed by atoms with Crippen LogP contribution in [0.15, 0.2) is 24.3 Å². The minimum Gasteiger partial charge on any atom is -0.496 e. The van der Waals surface area contributed by atoms with Crippen LogP contribution in [-0.2, 0) is 0 Å². The molecule has 110 valence electrons. The fourth-order valence-corrected chi connectivity index (χ4v) is 5.58. The topological polar surface area (TPSA) is 30.5 Å². The summed E-state index contributed by atoms with van der Waals surface area (Å²) < 4.78 is 11.3. The molecule has 3 aliphatic carbocycles. The van der Waals surface area contributed by atoms with Gasteiger partial charge in [0.2, 0.25) is 0 Å². The highest BCUT2D eigenvalue weighted by Crippen LogP contribution is 2.65. The van der Waals surface area contributed by atoms with Crippen LogP contribution < -0.4 is 14.8 Å². The zero-order valence-corrected chi connectivity index (χ0v) is 12.5. The molecule has 1 N–H and O–H groups in total. The van der Waals surface area contributed by atoms with Crippen LogP contribution in [0, 0.1) is 23.7 Å². The molecule has 4 bridgehead atoms. The molecule has 2 fully saturated rings. The van der Waals surface area contributed by atoms with Crippen molar-refractivity contribution in [2.24, 2.45) is 23.7 Å². The summed E-state index contributed by atoms with van der Waals surface area (Å²) in [6.45, 7) is 0. The summed E-state index contributed by atoms with van der Waals surface area (Å²) in [7, 11) is 3.55. The monoisotopic (exact) mass is 283 g/mol. The smallest absolute Gasteiger partial charge is 0.124 e. The van der Waals surface area contributed by atoms with Crippen LogP contribution in [0.25, 0.3) is 0 Å². The molecule has 21 heavy (non-hydrogen) atoms. The number of hydrogen-bond donors (Lipinski definition) is 1. The van der Waals surface area contributed by atoms with Gasteiger partial charge in [0.15, 0.2) is 0 Å². The number of hydrogen-bond acceptors (Lipinski definition) is 3. The van der Waals surface area contributed by atoms with Crippen molar-refractivity contribution in [1.82, 2.24) is 5.32 Å². The van der Waals surface area contributed by atoms with Crippen molar-refractivity contribution in [3.8, 4) is 11.5 Å². The van der Waals surface area contributed by atoms with E-state index in [2.05, 4.69) is 29.6 Å². The number of rotatable bonds is 2. The second-order valence-electron chi connectivity index (χ2n) is 6.86. The van der Waals surface area contributed by atoms with Gasteiger partial charge in [0.1, 0.15) is 11.5 Å². The summed E-state index contributed by atoms with van der Waals surface area (Å²) in [5.74, 6) is 5.02. The predicted molar refractivity (Wildman–Crippen MR) is 80.5 cm³/mol. The maximum atomic E-state index is 5.66. The van der Waals surface area contributed by atoms with Crippen molar-refractivity contribution in [2.75, 3.05) is 14.2 Å². The van der Waals surface area contributed by atoms with Crippen LogP contribution in [0.5, 0.6) is 11.5 Å². The predicted octanol–water partition coefficient (Wildman–Crippen LogP) is 3.23. The lowest BCUT2D eigenvalue weighted by Gasteiger charge is -2.47. The highest BCUT2D eigenvalue weighted by atomic mass is 16.5.